The van der Waals surface area contributed by atoms with Crippen molar-refractivity contribution in [1.82, 2.24) is 10.2 Å². The highest BCUT2D eigenvalue weighted by atomic mass is 19.1. The molecule has 19 heavy (non-hydrogen) atoms. The van der Waals surface area contributed by atoms with Crippen molar-refractivity contribution in [3.05, 3.63) is 35.1 Å². The molecule has 0 radical (unpaired) electrons. The van der Waals surface area contributed by atoms with Crippen LogP contribution < -0.4 is 5.32 Å². The van der Waals surface area contributed by atoms with Gasteiger partial charge in [0.05, 0.1) is 0 Å². The molecule has 108 valence electrons. The molecule has 2 nitrogen and oxygen atoms in total. The second-order valence-corrected chi connectivity index (χ2v) is 5.36. The van der Waals surface area contributed by atoms with Crippen LogP contribution in [0, 0.1) is 12.7 Å². The van der Waals surface area contributed by atoms with E-state index < -0.39 is 0 Å². The largest absolute Gasteiger partial charge is 0.313 e. The van der Waals surface area contributed by atoms with Gasteiger partial charge in [0.15, 0.2) is 0 Å². The summed E-state index contributed by atoms with van der Waals surface area (Å²) in [4.78, 5) is 2.43. The molecule has 1 aromatic rings. The van der Waals surface area contributed by atoms with Gasteiger partial charge in [-0.05, 0) is 58.0 Å². The molecule has 1 rings (SSSR count). The predicted octanol–water partition coefficient (Wildman–Crippen LogP) is 3.52. The maximum atomic E-state index is 13.6. The van der Waals surface area contributed by atoms with Crippen LogP contribution in [0.1, 0.15) is 44.4 Å². The highest BCUT2D eigenvalue weighted by Gasteiger charge is 2.14. The number of benzene rings is 1. The Morgan fingerprint density at radius 1 is 1.32 bits per heavy atom. The minimum Gasteiger partial charge on any atom is -0.313 e. The summed E-state index contributed by atoms with van der Waals surface area (Å²) in [6.07, 6.45) is 0.991. The van der Waals surface area contributed by atoms with Gasteiger partial charge in [-0.3, -0.25) is 0 Å². The second kappa shape index (κ2) is 7.61. The minimum atomic E-state index is -0.117. The lowest BCUT2D eigenvalue weighted by Crippen LogP contribution is -2.33. The zero-order chi connectivity index (χ0) is 14.4. The molecule has 0 aromatic heterocycles. The molecule has 0 bridgehead atoms. The Hall–Kier alpha value is -0.930. The highest BCUT2D eigenvalue weighted by molar-refractivity contribution is 5.25. The Morgan fingerprint density at radius 3 is 2.47 bits per heavy atom. The van der Waals surface area contributed by atoms with Crippen molar-refractivity contribution in [3.63, 3.8) is 0 Å². The third-order valence-corrected chi connectivity index (χ3v) is 3.79. The lowest BCUT2D eigenvalue weighted by Gasteiger charge is -2.27. The summed E-state index contributed by atoms with van der Waals surface area (Å²) in [6, 6.07) is 6.29. The summed E-state index contributed by atoms with van der Waals surface area (Å²) >= 11 is 0. The molecular formula is C16H27FN2. The van der Waals surface area contributed by atoms with Gasteiger partial charge in [0, 0.05) is 18.6 Å². The summed E-state index contributed by atoms with van der Waals surface area (Å²) in [5.74, 6) is -0.117. The maximum Gasteiger partial charge on any atom is 0.126 e. The van der Waals surface area contributed by atoms with Crippen LogP contribution in [0.15, 0.2) is 18.2 Å². The van der Waals surface area contributed by atoms with Crippen molar-refractivity contribution in [1.29, 1.82) is 0 Å². The molecule has 0 heterocycles. The fourth-order valence-electron chi connectivity index (χ4n) is 2.38. The summed E-state index contributed by atoms with van der Waals surface area (Å²) < 4.78 is 13.6. The van der Waals surface area contributed by atoms with E-state index in [1.807, 2.05) is 19.2 Å². The third-order valence-electron chi connectivity index (χ3n) is 3.79. The summed E-state index contributed by atoms with van der Waals surface area (Å²) in [7, 11) is 1.94. The molecule has 0 saturated carbocycles. The summed E-state index contributed by atoms with van der Waals surface area (Å²) in [6.45, 7) is 10.5. The molecule has 0 fully saturated rings. The van der Waals surface area contributed by atoms with Crippen LogP contribution in [-0.2, 0) is 0 Å². The monoisotopic (exact) mass is 266 g/mol. The van der Waals surface area contributed by atoms with Gasteiger partial charge in [0.2, 0.25) is 0 Å². The number of hydrogen-bond donors (Lipinski definition) is 1. The van der Waals surface area contributed by atoms with E-state index >= 15 is 0 Å². The number of nitrogens with one attached hydrogen (secondary N) is 1. The standard InChI is InChI=1S/C16H27FN2/c1-6-19(12(2)3)10-9-16(18-5)14-8-7-13(4)15(17)11-14/h7-8,11-12,16,18H,6,9-10H2,1-5H3. The first-order valence-electron chi connectivity index (χ1n) is 7.17. The quantitative estimate of drug-likeness (QED) is 0.812. The molecule has 0 saturated heterocycles. The molecule has 1 N–H and O–H groups in total. The number of nitrogens with zero attached hydrogens (tertiary/aromatic N) is 1. The van der Waals surface area contributed by atoms with E-state index in [9.17, 15) is 4.39 Å². The smallest absolute Gasteiger partial charge is 0.126 e. The first-order chi connectivity index (χ1) is 8.99. The Morgan fingerprint density at radius 2 is 2.00 bits per heavy atom. The molecule has 1 aromatic carbocycles. The van der Waals surface area contributed by atoms with Crippen molar-refractivity contribution < 1.29 is 4.39 Å². The van der Waals surface area contributed by atoms with Gasteiger partial charge < -0.3 is 10.2 Å². The van der Waals surface area contributed by atoms with E-state index in [2.05, 4.69) is 31.0 Å². The minimum absolute atomic E-state index is 0.117. The van der Waals surface area contributed by atoms with E-state index in [-0.39, 0.29) is 11.9 Å². The number of hydrogen-bond acceptors (Lipinski definition) is 2. The van der Waals surface area contributed by atoms with Crippen LogP contribution in [0.25, 0.3) is 0 Å². The van der Waals surface area contributed by atoms with Gasteiger partial charge in [-0.15, -0.1) is 0 Å². The summed E-state index contributed by atoms with van der Waals surface area (Å²) in [5, 5.41) is 3.29. The van der Waals surface area contributed by atoms with Crippen molar-refractivity contribution in [2.45, 2.75) is 46.2 Å². The molecule has 0 aliphatic carbocycles. The fourth-order valence-corrected chi connectivity index (χ4v) is 2.38. The Labute approximate surface area is 117 Å². The van der Waals surface area contributed by atoms with E-state index in [1.165, 1.54) is 0 Å². The number of aryl methyl sites for hydroxylation is 1. The average Bonchev–Trinajstić information content (AvgIpc) is 2.38. The van der Waals surface area contributed by atoms with Crippen LogP contribution in [-0.4, -0.2) is 31.1 Å². The van der Waals surface area contributed by atoms with Crippen LogP contribution in [0.3, 0.4) is 0 Å². The first kappa shape index (κ1) is 16.1. The molecule has 0 aliphatic heterocycles. The topological polar surface area (TPSA) is 15.3 Å². The van der Waals surface area contributed by atoms with Gasteiger partial charge in [-0.1, -0.05) is 19.1 Å². The molecule has 0 aliphatic rings. The number of rotatable bonds is 7. The van der Waals surface area contributed by atoms with Gasteiger partial charge in [0.1, 0.15) is 5.82 Å². The highest BCUT2D eigenvalue weighted by Crippen LogP contribution is 2.20. The predicted molar refractivity (Wildman–Crippen MR) is 79.9 cm³/mol. The van der Waals surface area contributed by atoms with E-state index in [0.29, 0.717) is 11.6 Å². The van der Waals surface area contributed by atoms with Crippen LogP contribution in [0.2, 0.25) is 0 Å². The third kappa shape index (κ3) is 4.59. The lowest BCUT2D eigenvalue weighted by atomic mass is 10.0. The molecule has 0 spiro atoms. The van der Waals surface area contributed by atoms with Gasteiger partial charge in [0.25, 0.3) is 0 Å². The molecule has 1 unspecified atom stereocenters. The first-order valence-corrected chi connectivity index (χ1v) is 7.17. The normalized spacial score (nSPS) is 13.3. The SMILES string of the molecule is CCN(CCC(NC)c1ccc(C)c(F)c1)C(C)C. The van der Waals surface area contributed by atoms with Crippen molar-refractivity contribution in [2.75, 3.05) is 20.1 Å². The van der Waals surface area contributed by atoms with E-state index in [1.54, 1.807) is 13.0 Å². The van der Waals surface area contributed by atoms with Crippen LogP contribution in [0.5, 0.6) is 0 Å². The second-order valence-electron chi connectivity index (χ2n) is 5.36. The Kier molecular flexibility index (Phi) is 6.46. The average molecular weight is 266 g/mol. The molecule has 0 amide bonds. The van der Waals surface area contributed by atoms with Crippen LogP contribution in [0.4, 0.5) is 4.39 Å². The van der Waals surface area contributed by atoms with Crippen molar-refractivity contribution in [2.24, 2.45) is 0 Å². The van der Waals surface area contributed by atoms with Crippen molar-refractivity contribution in [3.8, 4) is 0 Å². The van der Waals surface area contributed by atoms with E-state index in [0.717, 1.165) is 25.1 Å². The Bertz CT molecular complexity index is 390. The van der Waals surface area contributed by atoms with Gasteiger partial charge >= 0.3 is 0 Å². The number of halogens is 1. The fraction of sp³-hybridized carbons (Fsp3) is 0.625. The molecule has 1 atom stereocenters. The van der Waals surface area contributed by atoms with Gasteiger partial charge in [-0.2, -0.15) is 0 Å². The van der Waals surface area contributed by atoms with Crippen LogP contribution >= 0.6 is 0 Å². The summed E-state index contributed by atoms with van der Waals surface area (Å²) in [5.41, 5.74) is 1.74. The lowest BCUT2D eigenvalue weighted by molar-refractivity contribution is 0.221. The Balaban J connectivity index is 2.69. The van der Waals surface area contributed by atoms with Gasteiger partial charge in [-0.25, -0.2) is 4.39 Å². The van der Waals surface area contributed by atoms with Crippen molar-refractivity contribution >= 4 is 0 Å². The maximum absolute atomic E-state index is 13.6. The molecular weight excluding hydrogens is 239 g/mol. The zero-order valence-electron chi connectivity index (χ0n) is 12.8. The zero-order valence-corrected chi connectivity index (χ0v) is 12.8. The molecule has 3 heteroatoms. The van der Waals surface area contributed by atoms with E-state index in [4.69, 9.17) is 0 Å².